The van der Waals surface area contributed by atoms with Gasteiger partial charge in [-0.05, 0) is 12.1 Å². The summed E-state index contributed by atoms with van der Waals surface area (Å²) >= 11 is 1.78. The van der Waals surface area contributed by atoms with Crippen molar-refractivity contribution < 1.29 is 22.7 Å². The van der Waals surface area contributed by atoms with E-state index in [0.717, 1.165) is 0 Å². The molecule has 0 N–H and O–H groups in total. The zero-order valence-electron chi connectivity index (χ0n) is 12.3. The zero-order chi connectivity index (χ0) is 16.3. The maximum absolute atomic E-state index is 12.5. The first-order chi connectivity index (χ1) is 10.3. The van der Waals surface area contributed by atoms with Crippen molar-refractivity contribution in [3.63, 3.8) is 0 Å². The topological polar surface area (TPSA) is 42.4 Å². The van der Waals surface area contributed by atoms with Crippen molar-refractivity contribution in [2.45, 2.75) is 30.5 Å². The van der Waals surface area contributed by atoms with Crippen LogP contribution in [0.3, 0.4) is 0 Å². The number of hydrogen-bond donors (Lipinski definition) is 0. The second-order valence-electron chi connectivity index (χ2n) is 5.22. The minimum atomic E-state index is -4.46. The highest BCUT2D eigenvalue weighted by Gasteiger charge is 2.31. The summed E-state index contributed by atoms with van der Waals surface area (Å²) in [7, 11) is 0. The Bertz CT molecular complexity index is 529. The maximum Gasteiger partial charge on any atom is 0.422 e. The summed E-state index contributed by atoms with van der Waals surface area (Å²) in [5.74, 6) is -0.528. The van der Waals surface area contributed by atoms with Gasteiger partial charge in [-0.15, -0.1) is 0 Å². The van der Waals surface area contributed by atoms with Crippen LogP contribution in [0, 0.1) is 0 Å². The molecule has 0 bridgehead atoms. The summed E-state index contributed by atoms with van der Waals surface area (Å²) in [5, 5.41) is 0.548. The van der Waals surface area contributed by atoms with Crippen LogP contribution in [0.25, 0.3) is 0 Å². The third-order valence-corrected chi connectivity index (χ3v) is 4.30. The van der Waals surface area contributed by atoms with Crippen molar-refractivity contribution in [3.05, 3.63) is 24.0 Å². The number of ether oxygens (including phenoxy) is 1. The fourth-order valence-corrected chi connectivity index (χ4v) is 3.65. The number of nitrogens with zero attached hydrogens (tertiary/aromatic N) is 2. The number of amides is 1. The molecule has 0 spiro atoms. The van der Waals surface area contributed by atoms with E-state index in [1.807, 2.05) is 13.8 Å². The molecular weight excluding hydrogens is 317 g/mol. The van der Waals surface area contributed by atoms with Gasteiger partial charge >= 0.3 is 6.18 Å². The molecule has 1 amide bonds. The SMILES string of the molecule is CC1CN(C(=O)c2ncccc2OCC(F)(F)F)CC(C)S1. The number of pyridine rings is 1. The Balaban J connectivity index is 2.15. The molecule has 2 rings (SSSR count). The van der Waals surface area contributed by atoms with Crippen LogP contribution in [0.5, 0.6) is 5.75 Å². The number of halogens is 3. The highest BCUT2D eigenvalue weighted by Crippen LogP contribution is 2.27. The van der Waals surface area contributed by atoms with E-state index >= 15 is 0 Å². The smallest absolute Gasteiger partial charge is 0.422 e. The Morgan fingerprint density at radius 1 is 1.41 bits per heavy atom. The number of hydrogen-bond acceptors (Lipinski definition) is 4. The molecule has 2 atom stereocenters. The van der Waals surface area contributed by atoms with Gasteiger partial charge in [0, 0.05) is 29.8 Å². The van der Waals surface area contributed by atoms with Gasteiger partial charge in [-0.3, -0.25) is 4.79 Å². The van der Waals surface area contributed by atoms with Crippen molar-refractivity contribution in [1.82, 2.24) is 9.88 Å². The lowest BCUT2D eigenvalue weighted by Crippen LogP contribution is -2.44. The van der Waals surface area contributed by atoms with E-state index in [2.05, 4.69) is 4.98 Å². The molecule has 0 aromatic carbocycles. The maximum atomic E-state index is 12.5. The second kappa shape index (κ2) is 6.76. The number of aromatic nitrogens is 1. The van der Waals surface area contributed by atoms with Crippen LogP contribution in [0.1, 0.15) is 24.3 Å². The van der Waals surface area contributed by atoms with Crippen LogP contribution in [0.2, 0.25) is 0 Å². The molecule has 1 aliphatic rings. The normalized spacial score (nSPS) is 22.5. The molecule has 122 valence electrons. The second-order valence-corrected chi connectivity index (χ2v) is 7.10. The summed E-state index contributed by atoms with van der Waals surface area (Å²) in [4.78, 5) is 18.1. The average molecular weight is 334 g/mol. The standard InChI is InChI=1S/C14H17F3N2O2S/c1-9-6-19(7-10(2)22-9)13(20)12-11(4-3-5-18-12)21-8-14(15,16)17/h3-5,9-10H,6-8H2,1-2H3. The number of rotatable bonds is 3. The molecule has 0 radical (unpaired) electrons. The largest absolute Gasteiger partial charge is 0.482 e. The predicted molar refractivity (Wildman–Crippen MR) is 78.2 cm³/mol. The molecule has 2 unspecified atom stereocenters. The molecule has 1 aromatic heterocycles. The molecule has 0 aliphatic carbocycles. The molecule has 2 heterocycles. The van der Waals surface area contributed by atoms with E-state index < -0.39 is 18.7 Å². The lowest BCUT2D eigenvalue weighted by Gasteiger charge is -2.34. The van der Waals surface area contributed by atoms with Crippen LogP contribution in [-0.2, 0) is 0 Å². The van der Waals surface area contributed by atoms with Crippen molar-refractivity contribution in [2.24, 2.45) is 0 Å². The van der Waals surface area contributed by atoms with E-state index in [4.69, 9.17) is 4.74 Å². The van der Waals surface area contributed by atoms with Crippen molar-refractivity contribution in [3.8, 4) is 5.75 Å². The van der Waals surface area contributed by atoms with Gasteiger partial charge in [-0.2, -0.15) is 24.9 Å². The van der Waals surface area contributed by atoms with Gasteiger partial charge in [0.2, 0.25) is 0 Å². The van der Waals surface area contributed by atoms with Crippen LogP contribution in [-0.4, -0.2) is 52.2 Å². The van der Waals surface area contributed by atoms with Crippen LogP contribution in [0.4, 0.5) is 13.2 Å². The van der Waals surface area contributed by atoms with Crippen LogP contribution in [0.15, 0.2) is 18.3 Å². The van der Waals surface area contributed by atoms with Crippen molar-refractivity contribution >= 4 is 17.7 Å². The highest BCUT2D eigenvalue weighted by molar-refractivity contribution is 8.00. The van der Waals surface area contributed by atoms with Crippen LogP contribution >= 0.6 is 11.8 Å². The molecule has 22 heavy (non-hydrogen) atoms. The Morgan fingerprint density at radius 2 is 2.05 bits per heavy atom. The molecule has 1 aromatic rings. The Labute approximate surface area is 131 Å². The molecule has 1 fully saturated rings. The highest BCUT2D eigenvalue weighted by atomic mass is 32.2. The number of carbonyl (C=O) groups is 1. The van der Waals surface area contributed by atoms with E-state index in [-0.39, 0.29) is 21.9 Å². The summed E-state index contributed by atoms with van der Waals surface area (Å²) < 4.78 is 41.6. The first-order valence-electron chi connectivity index (χ1n) is 6.85. The summed E-state index contributed by atoms with van der Waals surface area (Å²) in [5.41, 5.74) is -0.0712. The van der Waals surface area contributed by atoms with Crippen molar-refractivity contribution in [2.75, 3.05) is 19.7 Å². The van der Waals surface area contributed by atoms with Crippen molar-refractivity contribution in [1.29, 1.82) is 0 Å². The molecule has 4 nitrogen and oxygen atoms in total. The van der Waals surface area contributed by atoms with Gasteiger partial charge in [0.1, 0.15) is 0 Å². The predicted octanol–water partition coefficient (Wildman–Crippen LogP) is 2.99. The number of thioether (sulfide) groups is 1. The Hall–Kier alpha value is -1.44. The average Bonchev–Trinajstić information content (AvgIpc) is 2.43. The Morgan fingerprint density at radius 3 is 2.64 bits per heavy atom. The van der Waals surface area contributed by atoms with Gasteiger partial charge in [0.15, 0.2) is 18.1 Å². The summed E-state index contributed by atoms with van der Waals surface area (Å²) in [6.45, 7) is 3.67. The van der Waals surface area contributed by atoms with Gasteiger partial charge in [0.25, 0.3) is 5.91 Å². The molecular formula is C14H17F3N2O2S. The lowest BCUT2D eigenvalue weighted by molar-refractivity contribution is -0.153. The minimum Gasteiger partial charge on any atom is -0.482 e. The quantitative estimate of drug-likeness (QED) is 0.852. The molecule has 1 aliphatic heterocycles. The molecule has 8 heteroatoms. The molecule has 0 saturated carbocycles. The van der Waals surface area contributed by atoms with E-state index in [1.165, 1.54) is 18.3 Å². The summed E-state index contributed by atoms with van der Waals surface area (Å²) in [6, 6.07) is 2.78. The van der Waals surface area contributed by atoms with Crippen LogP contribution < -0.4 is 4.74 Å². The van der Waals surface area contributed by atoms with Gasteiger partial charge in [-0.1, -0.05) is 13.8 Å². The fourth-order valence-electron chi connectivity index (χ4n) is 2.32. The lowest BCUT2D eigenvalue weighted by atomic mass is 10.2. The number of carbonyl (C=O) groups excluding carboxylic acids is 1. The monoisotopic (exact) mass is 334 g/mol. The first-order valence-corrected chi connectivity index (χ1v) is 7.80. The Kier molecular flexibility index (Phi) is 5.20. The van der Waals surface area contributed by atoms with E-state index in [0.29, 0.717) is 13.1 Å². The third kappa shape index (κ3) is 4.53. The third-order valence-electron chi connectivity index (χ3n) is 3.07. The van der Waals surface area contributed by atoms with Gasteiger partial charge in [0.05, 0.1) is 0 Å². The molecule has 1 saturated heterocycles. The van der Waals surface area contributed by atoms with E-state index in [9.17, 15) is 18.0 Å². The fraction of sp³-hybridized carbons (Fsp3) is 0.571. The summed E-state index contributed by atoms with van der Waals surface area (Å²) in [6.07, 6.45) is -3.08. The minimum absolute atomic E-state index is 0.0712. The van der Waals surface area contributed by atoms with Gasteiger partial charge in [-0.25, -0.2) is 4.98 Å². The first kappa shape index (κ1) is 16.9. The van der Waals surface area contributed by atoms with Gasteiger partial charge < -0.3 is 9.64 Å². The number of alkyl halides is 3. The van der Waals surface area contributed by atoms with E-state index in [1.54, 1.807) is 16.7 Å². The zero-order valence-corrected chi connectivity index (χ0v) is 13.1.